The van der Waals surface area contributed by atoms with E-state index in [1.165, 1.54) is 0 Å². The van der Waals surface area contributed by atoms with E-state index in [4.69, 9.17) is 14.0 Å². The van der Waals surface area contributed by atoms with Crippen molar-refractivity contribution in [2.75, 3.05) is 13.7 Å². The number of allylic oxidation sites excluding steroid dienone is 1. The van der Waals surface area contributed by atoms with Crippen molar-refractivity contribution in [3.8, 4) is 0 Å². The fourth-order valence-corrected chi connectivity index (χ4v) is 2.78. The Kier molecular flexibility index (Phi) is 7.75. The number of hydroxylamine groups is 2. The van der Waals surface area contributed by atoms with Gasteiger partial charge in [0.25, 0.3) is 0 Å². The zero-order valence-corrected chi connectivity index (χ0v) is 16.2. The molecule has 0 unspecified atom stereocenters. The zero-order chi connectivity index (χ0) is 18.5. The summed E-state index contributed by atoms with van der Waals surface area (Å²) in [6.45, 7) is 12.4. The lowest BCUT2D eigenvalue weighted by molar-refractivity contribution is -0.101. The summed E-state index contributed by atoms with van der Waals surface area (Å²) in [5.41, 5.74) is 0.00630. The van der Waals surface area contributed by atoms with Crippen molar-refractivity contribution in [2.45, 2.75) is 78.3 Å². The minimum atomic E-state index is -0.768. The summed E-state index contributed by atoms with van der Waals surface area (Å²) in [6, 6.07) is 0. The number of aliphatic hydroxyl groups excluding tert-OH is 1. The summed E-state index contributed by atoms with van der Waals surface area (Å²) in [5, 5.41) is 20.6. The molecule has 2 atom stereocenters. The van der Waals surface area contributed by atoms with Gasteiger partial charge in [-0.15, -0.1) is 0 Å². The molecule has 24 heavy (non-hydrogen) atoms. The fraction of sp³-hybridized carbons (Fsp3) is 0.882. The van der Waals surface area contributed by atoms with Crippen molar-refractivity contribution in [1.82, 2.24) is 5.06 Å². The second-order valence-corrected chi connectivity index (χ2v) is 7.38. The first kappa shape index (κ1) is 21.4. The maximum absolute atomic E-state index is 9.82. The van der Waals surface area contributed by atoms with Crippen LogP contribution < -0.4 is 0 Å². The molecule has 0 bridgehead atoms. The first-order valence-corrected chi connectivity index (χ1v) is 8.82. The number of ether oxygens (including phenoxy) is 1. The number of aliphatic hydroxyl groups is 1. The Morgan fingerprint density at radius 2 is 1.71 bits per heavy atom. The molecule has 0 spiro atoms. The molecule has 1 fully saturated rings. The van der Waals surface area contributed by atoms with Gasteiger partial charge in [0, 0.05) is 19.9 Å². The Labute approximate surface area is 146 Å². The van der Waals surface area contributed by atoms with E-state index in [2.05, 4.69) is 6.92 Å². The van der Waals surface area contributed by atoms with Crippen molar-refractivity contribution in [1.29, 1.82) is 0 Å². The van der Waals surface area contributed by atoms with Crippen molar-refractivity contribution >= 4 is 7.12 Å². The van der Waals surface area contributed by atoms with Crippen LogP contribution in [0.3, 0.4) is 0 Å². The van der Waals surface area contributed by atoms with Gasteiger partial charge in [0.15, 0.2) is 6.29 Å². The standard InChI is InChI=1S/C17H34BNO5/c1-8-13(10-11-15(20)22-9-2)14(12-19(7)21)18-23-16(3,4)17(5,6)24-18/h12-13,15,20-21H,8-11H2,1-7H3/b14-12+/t13-,15-/m0/s1. The number of hydrogen-bond acceptors (Lipinski definition) is 6. The third kappa shape index (κ3) is 5.46. The van der Waals surface area contributed by atoms with Gasteiger partial charge in [-0.1, -0.05) is 13.3 Å². The van der Waals surface area contributed by atoms with Crippen LogP contribution in [0.1, 0.15) is 60.8 Å². The van der Waals surface area contributed by atoms with Gasteiger partial charge in [-0.2, -0.15) is 0 Å². The molecule has 1 aliphatic heterocycles. The molecular formula is C17H34BNO5. The predicted molar refractivity (Wildman–Crippen MR) is 94.4 cm³/mol. The third-order valence-corrected chi connectivity index (χ3v) is 4.95. The quantitative estimate of drug-likeness (QED) is 0.381. The van der Waals surface area contributed by atoms with Gasteiger partial charge in [-0.3, -0.25) is 10.3 Å². The lowest BCUT2D eigenvalue weighted by atomic mass is 9.69. The van der Waals surface area contributed by atoms with Crippen LogP contribution in [0.5, 0.6) is 0 Å². The molecule has 2 N–H and O–H groups in total. The molecule has 0 saturated carbocycles. The molecule has 1 heterocycles. The topological polar surface area (TPSA) is 71.4 Å². The molecule has 0 aromatic carbocycles. The Hall–Kier alpha value is -0.595. The van der Waals surface area contributed by atoms with Crippen LogP contribution >= 0.6 is 0 Å². The second kappa shape index (κ2) is 8.67. The highest BCUT2D eigenvalue weighted by Crippen LogP contribution is 2.41. The summed E-state index contributed by atoms with van der Waals surface area (Å²) in [6.07, 6.45) is 2.99. The van der Waals surface area contributed by atoms with Crippen molar-refractivity contribution < 1.29 is 24.4 Å². The van der Waals surface area contributed by atoms with E-state index in [9.17, 15) is 10.3 Å². The average Bonchev–Trinajstić information content (AvgIpc) is 2.66. The maximum atomic E-state index is 9.82. The molecule has 0 radical (unpaired) electrons. The number of hydrogen-bond donors (Lipinski definition) is 2. The maximum Gasteiger partial charge on any atom is 0.492 e. The summed E-state index contributed by atoms with van der Waals surface area (Å²) in [5.74, 6) is 0.115. The molecule has 0 aromatic heterocycles. The Bertz CT molecular complexity index is 409. The first-order valence-electron chi connectivity index (χ1n) is 8.82. The van der Waals surface area contributed by atoms with E-state index in [0.717, 1.165) is 23.4 Å². The van der Waals surface area contributed by atoms with Crippen LogP contribution in [0.25, 0.3) is 0 Å². The van der Waals surface area contributed by atoms with Gasteiger partial charge in [0.1, 0.15) is 0 Å². The Balaban J connectivity index is 2.92. The van der Waals surface area contributed by atoms with Gasteiger partial charge >= 0.3 is 7.12 Å². The highest BCUT2D eigenvalue weighted by Gasteiger charge is 2.53. The van der Waals surface area contributed by atoms with Crippen molar-refractivity contribution in [3.05, 3.63) is 11.7 Å². The van der Waals surface area contributed by atoms with Crippen LogP contribution in [-0.4, -0.2) is 53.6 Å². The van der Waals surface area contributed by atoms with Crippen LogP contribution in [0.2, 0.25) is 0 Å². The molecule has 0 aromatic rings. The van der Waals surface area contributed by atoms with Crippen LogP contribution in [0, 0.1) is 5.92 Å². The van der Waals surface area contributed by atoms with E-state index < -0.39 is 24.6 Å². The molecule has 0 aliphatic carbocycles. The van der Waals surface area contributed by atoms with Crippen LogP contribution in [0.15, 0.2) is 11.7 Å². The number of rotatable bonds is 9. The van der Waals surface area contributed by atoms with Gasteiger partial charge in [-0.05, 0) is 58.9 Å². The smallest absolute Gasteiger partial charge is 0.400 e. The summed E-state index contributed by atoms with van der Waals surface area (Å²) < 4.78 is 17.5. The monoisotopic (exact) mass is 343 g/mol. The largest absolute Gasteiger partial charge is 0.492 e. The molecule has 1 rings (SSSR count). The molecule has 1 aliphatic rings. The molecule has 1 saturated heterocycles. The first-order chi connectivity index (χ1) is 11.0. The molecular weight excluding hydrogens is 309 g/mol. The van der Waals surface area contributed by atoms with E-state index in [1.54, 1.807) is 13.2 Å². The van der Waals surface area contributed by atoms with Gasteiger partial charge in [0.2, 0.25) is 0 Å². The Morgan fingerprint density at radius 1 is 1.17 bits per heavy atom. The second-order valence-electron chi connectivity index (χ2n) is 7.38. The minimum absolute atomic E-state index is 0.115. The van der Waals surface area contributed by atoms with E-state index in [-0.39, 0.29) is 5.92 Å². The van der Waals surface area contributed by atoms with E-state index in [1.807, 2.05) is 34.6 Å². The molecule has 7 heteroatoms. The molecule has 0 amide bonds. The van der Waals surface area contributed by atoms with E-state index in [0.29, 0.717) is 13.0 Å². The third-order valence-electron chi connectivity index (χ3n) is 4.95. The highest BCUT2D eigenvalue weighted by atomic mass is 16.7. The van der Waals surface area contributed by atoms with E-state index >= 15 is 0 Å². The average molecular weight is 343 g/mol. The SMILES string of the molecule is CCO[C@H](O)CC[C@H](CC)/C(=C\N(C)O)B1OC(C)(C)C(C)(C)O1. The number of nitrogens with zero attached hydrogens (tertiary/aromatic N) is 1. The zero-order valence-electron chi connectivity index (χ0n) is 16.2. The summed E-state index contributed by atoms with van der Waals surface area (Å²) in [7, 11) is 1.05. The van der Waals surface area contributed by atoms with Gasteiger partial charge in [0.05, 0.1) is 11.2 Å². The summed E-state index contributed by atoms with van der Waals surface area (Å²) >= 11 is 0. The Morgan fingerprint density at radius 3 is 2.12 bits per heavy atom. The van der Waals surface area contributed by atoms with Crippen molar-refractivity contribution in [2.24, 2.45) is 5.92 Å². The summed E-state index contributed by atoms with van der Waals surface area (Å²) in [4.78, 5) is 0. The lowest BCUT2D eigenvalue weighted by Gasteiger charge is -2.32. The fourth-order valence-electron chi connectivity index (χ4n) is 2.78. The van der Waals surface area contributed by atoms with Gasteiger partial charge < -0.3 is 19.2 Å². The van der Waals surface area contributed by atoms with Crippen LogP contribution in [0.4, 0.5) is 0 Å². The van der Waals surface area contributed by atoms with Crippen molar-refractivity contribution in [3.63, 3.8) is 0 Å². The van der Waals surface area contributed by atoms with Crippen LogP contribution in [-0.2, 0) is 14.0 Å². The highest BCUT2D eigenvalue weighted by molar-refractivity contribution is 6.54. The lowest BCUT2D eigenvalue weighted by Crippen LogP contribution is -2.41. The predicted octanol–water partition coefficient (Wildman–Crippen LogP) is 2.98. The molecule has 140 valence electrons. The minimum Gasteiger partial charge on any atom is -0.400 e. The normalized spacial score (nSPS) is 22.5. The van der Waals surface area contributed by atoms with Gasteiger partial charge in [-0.25, -0.2) is 0 Å². The molecule has 6 nitrogen and oxygen atoms in total.